The van der Waals surface area contributed by atoms with Gasteiger partial charge in [-0.25, -0.2) is 4.39 Å². The lowest BCUT2D eigenvalue weighted by Crippen LogP contribution is -2.21. The van der Waals surface area contributed by atoms with Gasteiger partial charge in [-0.05, 0) is 18.2 Å². The van der Waals surface area contributed by atoms with E-state index in [0.717, 1.165) is 23.5 Å². The average Bonchev–Trinajstić information content (AvgIpc) is 2.84. The Hall–Kier alpha value is -1.54. The summed E-state index contributed by atoms with van der Waals surface area (Å²) < 4.78 is 51.7. The summed E-state index contributed by atoms with van der Waals surface area (Å²) in [6.45, 7) is 4.35. The van der Waals surface area contributed by atoms with Crippen LogP contribution in [0.15, 0.2) is 18.2 Å². The maximum absolute atomic E-state index is 13.7. The van der Waals surface area contributed by atoms with Gasteiger partial charge in [0.1, 0.15) is 10.8 Å². The van der Waals surface area contributed by atoms with E-state index >= 15 is 0 Å². The molecule has 0 atom stereocenters. The molecule has 1 N–H and O–H groups in total. The first-order valence-corrected chi connectivity index (χ1v) is 7.02. The van der Waals surface area contributed by atoms with Crippen molar-refractivity contribution in [1.82, 2.24) is 15.5 Å². The Balaban J connectivity index is 2.29. The van der Waals surface area contributed by atoms with Crippen molar-refractivity contribution in [2.24, 2.45) is 0 Å². The van der Waals surface area contributed by atoms with E-state index in [4.69, 9.17) is 0 Å². The van der Waals surface area contributed by atoms with Gasteiger partial charge in [-0.1, -0.05) is 25.2 Å². The van der Waals surface area contributed by atoms with Gasteiger partial charge < -0.3 is 5.32 Å². The summed E-state index contributed by atoms with van der Waals surface area (Å²) in [5.41, 5.74) is -1.09. The first-order chi connectivity index (χ1) is 9.77. The zero-order valence-electron chi connectivity index (χ0n) is 11.3. The van der Waals surface area contributed by atoms with Crippen molar-refractivity contribution >= 4 is 11.3 Å². The van der Waals surface area contributed by atoms with Gasteiger partial charge in [0.05, 0.1) is 5.56 Å². The molecular formula is C13H13F4N3S. The fourth-order valence-electron chi connectivity index (χ4n) is 1.59. The Kier molecular flexibility index (Phi) is 4.58. The quantitative estimate of drug-likeness (QED) is 0.870. The molecule has 1 aromatic carbocycles. The third kappa shape index (κ3) is 3.98. The second-order valence-corrected chi connectivity index (χ2v) is 5.79. The maximum atomic E-state index is 13.7. The van der Waals surface area contributed by atoms with Crippen LogP contribution in [0.5, 0.6) is 0 Å². The molecule has 2 rings (SSSR count). The lowest BCUT2D eigenvalue weighted by atomic mass is 10.1. The predicted molar refractivity (Wildman–Crippen MR) is 72.3 cm³/mol. The number of halogens is 4. The third-order valence-electron chi connectivity index (χ3n) is 2.65. The molecule has 21 heavy (non-hydrogen) atoms. The number of hydrogen-bond acceptors (Lipinski definition) is 4. The molecule has 0 aliphatic carbocycles. The van der Waals surface area contributed by atoms with Crippen molar-refractivity contribution in [3.05, 3.63) is 34.6 Å². The SMILES string of the molecule is CC(C)NCc1nnc(-c2cc(C(F)(F)F)ccc2F)s1. The minimum atomic E-state index is -4.52. The fraction of sp³-hybridized carbons (Fsp3) is 0.385. The van der Waals surface area contributed by atoms with Gasteiger partial charge in [0.15, 0.2) is 5.01 Å². The number of nitrogens with zero attached hydrogens (tertiary/aromatic N) is 2. The smallest absolute Gasteiger partial charge is 0.308 e. The first-order valence-electron chi connectivity index (χ1n) is 6.20. The second kappa shape index (κ2) is 6.07. The van der Waals surface area contributed by atoms with Crippen LogP contribution < -0.4 is 5.32 Å². The summed E-state index contributed by atoms with van der Waals surface area (Å²) in [4.78, 5) is 0. The van der Waals surface area contributed by atoms with Crippen LogP contribution in [0.2, 0.25) is 0 Å². The Morgan fingerprint density at radius 1 is 1.24 bits per heavy atom. The molecule has 1 aromatic heterocycles. The van der Waals surface area contributed by atoms with E-state index in [-0.39, 0.29) is 16.6 Å². The number of alkyl halides is 3. The van der Waals surface area contributed by atoms with Gasteiger partial charge in [0, 0.05) is 18.2 Å². The minimum absolute atomic E-state index is 0.138. The van der Waals surface area contributed by atoms with Gasteiger partial charge in [-0.3, -0.25) is 0 Å². The van der Waals surface area contributed by atoms with Gasteiger partial charge in [0.25, 0.3) is 0 Å². The van der Waals surface area contributed by atoms with Crippen LogP contribution in [0.3, 0.4) is 0 Å². The van der Waals surface area contributed by atoms with Crippen molar-refractivity contribution in [3.63, 3.8) is 0 Å². The van der Waals surface area contributed by atoms with Crippen molar-refractivity contribution in [3.8, 4) is 10.6 Å². The first kappa shape index (κ1) is 15.8. The maximum Gasteiger partial charge on any atom is 0.416 e. The average molecular weight is 319 g/mol. The van der Waals surface area contributed by atoms with Gasteiger partial charge in [0.2, 0.25) is 0 Å². The van der Waals surface area contributed by atoms with Crippen LogP contribution in [0.4, 0.5) is 17.6 Å². The highest BCUT2D eigenvalue weighted by Gasteiger charge is 2.31. The lowest BCUT2D eigenvalue weighted by molar-refractivity contribution is -0.137. The molecule has 0 fully saturated rings. The minimum Gasteiger partial charge on any atom is -0.308 e. The van der Waals surface area contributed by atoms with Crippen molar-refractivity contribution in [2.75, 3.05) is 0 Å². The van der Waals surface area contributed by atoms with Crippen LogP contribution in [0.1, 0.15) is 24.4 Å². The largest absolute Gasteiger partial charge is 0.416 e. The van der Waals surface area contributed by atoms with E-state index in [2.05, 4.69) is 15.5 Å². The molecule has 1 heterocycles. The van der Waals surface area contributed by atoms with Crippen LogP contribution in [-0.4, -0.2) is 16.2 Å². The van der Waals surface area contributed by atoms with Crippen molar-refractivity contribution in [1.29, 1.82) is 0 Å². The topological polar surface area (TPSA) is 37.8 Å². The van der Waals surface area contributed by atoms with Crippen LogP contribution in [0, 0.1) is 5.82 Å². The second-order valence-electron chi connectivity index (χ2n) is 4.73. The molecule has 0 spiro atoms. The number of benzene rings is 1. The molecule has 0 radical (unpaired) electrons. The molecule has 8 heteroatoms. The zero-order chi connectivity index (χ0) is 15.6. The highest BCUT2D eigenvalue weighted by molar-refractivity contribution is 7.14. The van der Waals surface area contributed by atoms with E-state index in [1.807, 2.05) is 13.8 Å². The Bertz CT molecular complexity index is 622. The number of rotatable bonds is 4. The molecule has 0 aliphatic heterocycles. The highest BCUT2D eigenvalue weighted by Crippen LogP contribution is 2.34. The molecule has 0 bridgehead atoms. The normalized spacial score (nSPS) is 12.1. The van der Waals surface area contributed by atoms with Crippen LogP contribution in [0.25, 0.3) is 10.6 Å². The fourth-order valence-corrected chi connectivity index (χ4v) is 2.40. The van der Waals surface area contributed by atoms with E-state index in [1.165, 1.54) is 0 Å². The molecule has 3 nitrogen and oxygen atoms in total. The van der Waals surface area contributed by atoms with E-state index in [9.17, 15) is 17.6 Å². The Labute approximate surface area is 123 Å². The zero-order valence-corrected chi connectivity index (χ0v) is 12.1. The predicted octanol–water partition coefficient (Wildman–Crippen LogP) is 3.86. The summed E-state index contributed by atoms with van der Waals surface area (Å²) in [7, 11) is 0. The monoisotopic (exact) mass is 319 g/mol. The molecule has 114 valence electrons. The van der Waals surface area contributed by atoms with Gasteiger partial charge in [-0.2, -0.15) is 13.2 Å². The summed E-state index contributed by atoms with van der Waals surface area (Å²) >= 11 is 1.07. The highest BCUT2D eigenvalue weighted by atomic mass is 32.1. The van der Waals surface area contributed by atoms with Gasteiger partial charge >= 0.3 is 6.18 Å². The summed E-state index contributed by atoms with van der Waals surface area (Å²) in [6.07, 6.45) is -4.52. The van der Waals surface area contributed by atoms with Crippen molar-refractivity contribution in [2.45, 2.75) is 32.6 Å². The molecule has 0 saturated heterocycles. The molecular weight excluding hydrogens is 306 g/mol. The summed E-state index contributed by atoms with van der Waals surface area (Å²) in [5.74, 6) is -0.748. The summed E-state index contributed by atoms with van der Waals surface area (Å²) in [6, 6.07) is 2.50. The van der Waals surface area contributed by atoms with Crippen LogP contribution >= 0.6 is 11.3 Å². The van der Waals surface area contributed by atoms with Crippen LogP contribution in [-0.2, 0) is 12.7 Å². The number of nitrogens with one attached hydrogen (secondary N) is 1. The number of aromatic nitrogens is 2. The lowest BCUT2D eigenvalue weighted by Gasteiger charge is -2.08. The molecule has 0 amide bonds. The van der Waals surface area contributed by atoms with E-state index in [0.29, 0.717) is 17.6 Å². The Morgan fingerprint density at radius 2 is 1.95 bits per heavy atom. The van der Waals surface area contributed by atoms with Gasteiger partial charge in [-0.15, -0.1) is 10.2 Å². The molecule has 0 unspecified atom stereocenters. The third-order valence-corrected chi connectivity index (χ3v) is 3.61. The van der Waals surface area contributed by atoms with E-state index < -0.39 is 17.6 Å². The van der Waals surface area contributed by atoms with E-state index in [1.54, 1.807) is 0 Å². The molecule has 2 aromatic rings. The number of hydrogen-bond donors (Lipinski definition) is 1. The van der Waals surface area contributed by atoms with Crippen molar-refractivity contribution < 1.29 is 17.6 Å². The summed E-state index contributed by atoms with van der Waals surface area (Å²) in [5, 5.41) is 11.5. The molecule has 0 saturated carbocycles. The standard InChI is InChI=1S/C13H13F4N3S/c1-7(2)18-6-11-19-20-12(21-11)9-5-8(13(15,16)17)3-4-10(9)14/h3-5,7,18H,6H2,1-2H3. The Morgan fingerprint density at radius 3 is 2.57 bits per heavy atom. The molecule has 0 aliphatic rings.